The summed E-state index contributed by atoms with van der Waals surface area (Å²) in [5, 5.41) is 2.96. The van der Waals surface area contributed by atoms with Crippen LogP contribution in [-0.4, -0.2) is 26.7 Å². The third-order valence-electron chi connectivity index (χ3n) is 3.37. The summed E-state index contributed by atoms with van der Waals surface area (Å²) in [7, 11) is 3.23. The predicted molar refractivity (Wildman–Crippen MR) is 84.9 cm³/mol. The molecule has 0 atom stereocenters. The molecule has 0 aliphatic rings. The van der Waals surface area contributed by atoms with Gasteiger partial charge in [0.2, 0.25) is 5.91 Å². The molecule has 21 heavy (non-hydrogen) atoms. The van der Waals surface area contributed by atoms with Gasteiger partial charge in [0.25, 0.3) is 0 Å². The fourth-order valence-electron chi connectivity index (χ4n) is 2.12. The van der Waals surface area contributed by atoms with E-state index in [-0.39, 0.29) is 5.91 Å². The Labute approximate surface area is 127 Å². The van der Waals surface area contributed by atoms with E-state index in [1.54, 1.807) is 14.2 Å². The molecule has 1 aromatic carbocycles. The van der Waals surface area contributed by atoms with Crippen molar-refractivity contribution in [3.63, 3.8) is 0 Å². The second-order valence-corrected chi connectivity index (χ2v) is 5.58. The average molecular weight is 293 g/mol. The monoisotopic (exact) mass is 293 g/mol. The van der Waals surface area contributed by atoms with Crippen molar-refractivity contribution >= 4 is 5.91 Å². The van der Waals surface area contributed by atoms with E-state index in [2.05, 4.69) is 19.2 Å². The molecule has 0 aliphatic heterocycles. The Hall–Kier alpha value is -1.71. The number of carbonyl (C=O) groups excluding carboxylic acids is 1. The molecule has 0 heterocycles. The molecule has 1 N–H and O–H groups in total. The van der Waals surface area contributed by atoms with Crippen LogP contribution in [0.5, 0.6) is 11.5 Å². The lowest BCUT2D eigenvalue weighted by atomic mass is 10.1. The molecule has 0 aliphatic carbocycles. The van der Waals surface area contributed by atoms with E-state index < -0.39 is 0 Å². The zero-order chi connectivity index (χ0) is 15.7. The van der Waals surface area contributed by atoms with Crippen LogP contribution in [0.2, 0.25) is 0 Å². The topological polar surface area (TPSA) is 47.6 Å². The maximum absolute atomic E-state index is 11.8. The molecule has 1 aromatic rings. The van der Waals surface area contributed by atoms with E-state index in [1.807, 2.05) is 18.2 Å². The fraction of sp³-hybridized carbons (Fsp3) is 0.588. The van der Waals surface area contributed by atoms with Crippen molar-refractivity contribution in [2.24, 2.45) is 5.92 Å². The molecule has 0 fully saturated rings. The van der Waals surface area contributed by atoms with Crippen molar-refractivity contribution in [2.75, 3.05) is 20.8 Å². The van der Waals surface area contributed by atoms with Crippen LogP contribution < -0.4 is 14.8 Å². The molecule has 118 valence electrons. The molecule has 0 radical (unpaired) electrons. The van der Waals surface area contributed by atoms with Gasteiger partial charge < -0.3 is 14.8 Å². The Kier molecular flexibility index (Phi) is 7.65. The van der Waals surface area contributed by atoms with E-state index in [1.165, 1.54) is 0 Å². The zero-order valence-electron chi connectivity index (χ0n) is 13.6. The maximum Gasteiger partial charge on any atom is 0.220 e. The van der Waals surface area contributed by atoms with Gasteiger partial charge in [-0.3, -0.25) is 4.79 Å². The zero-order valence-corrected chi connectivity index (χ0v) is 13.6. The normalized spacial score (nSPS) is 10.5. The van der Waals surface area contributed by atoms with Crippen LogP contribution in [0.4, 0.5) is 0 Å². The van der Waals surface area contributed by atoms with Crippen molar-refractivity contribution in [1.82, 2.24) is 5.32 Å². The number of carbonyl (C=O) groups is 1. The van der Waals surface area contributed by atoms with Crippen LogP contribution in [-0.2, 0) is 11.2 Å². The highest BCUT2D eigenvalue weighted by molar-refractivity contribution is 5.76. The van der Waals surface area contributed by atoms with Gasteiger partial charge in [-0.15, -0.1) is 0 Å². The van der Waals surface area contributed by atoms with Gasteiger partial charge in [0.1, 0.15) is 0 Å². The number of ether oxygens (including phenoxy) is 2. The van der Waals surface area contributed by atoms with Crippen molar-refractivity contribution in [1.29, 1.82) is 0 Å². The van der Waals surface area contributed by atoms with Crippen LogP contribution in [0, 0.1) is 5.92 Å². The molecule has 0 unspecified atom stereocenters. The lowest BCUT2D eigenvalue weighted by molar-refractivity contribution is -0.121. The second kappa shape index (κ2) is 9.27. The van der Waals surface area contributed by atoms with Gasteiger partial charge in [-0.05, 0) is 42.9 Å². The van der Waals surface area contributed by atoms with Crippen LogP contribution in [0.3, 0.4) is 0 Å². The number of methoxy groups -OCH3 is 2. The lowest BCUT2D eigenvalue weighted by Gasteiger charge is -2.10. The number of aryl methyl sites for hydroxylation is 1. The first-order valence-electron chi connectivity index (χ1n) is 7.54. The smallest absolute Gasteiger partial charge is 0.220 e. The standard InChI is InChI=1S/C17H27NO3/c1-13(2)6-5-11-18-17(19)10-8-14-7-9-15(20-3)16(12-14)21-4/h7,9,12-13H,5-6,8,10-11H2,1-4H3,(H,18,19). The third-order valence-corrected chi connectivity index (χ3v) is 3.37. The van der Waals surface area contributed by atoms with Gasteiger partial charge in [0.05, 0.1) is 14.2 Å². The Morgan fingerprint density at radius 1 is 1.19 bits per heavy atom. The fourth-order valence-corrected chi connectivity index (χ4v) is 2.12. The molecule has 0 spiro atoms. The molecule has 4 heteroatoms. The third kappa shape index (κ3) is 6.52. The molecule has 1 amide bonds. The summed E-state index contributed by atoms with van der Waals surface area (Å²) < 4.78 is 10.5. The minimum absolute atomic E-state index is 0.105. The Morgan fingerprint density at radius 3 is 2.52 bits per heavy atom. The molecule has 1 rings (SSSR count). The van der Waals surface area contributed by atoms with Crippen LogP contribution in [0.1, 0.15) is 38.7 Å². The molecular formula is C17H27NO3. The number of benzene rings is 1. The highest BCUT2D eigenvalue weighted by Gasteiger charge is 2.07. The first-order chi connectivity index (χ1) is 10.1. The highest BCUT2D eigenvalue weighted by atomic mass is 16.5. The van der Waals surface area contributed by atoms with E-state index >= 15 is 0 Å². The van der Waals surface area contributed by atoms with Crippen molar-refractivity contribution in [2.45, 2.75) is 39.5 Å². The molecule has 4 nitrogen and oxygen atoms in total. The number of rotatable bonds is 9. The van der Waals surface area contributed by atoms with E-state index in [9.17, 15) is 4.79 Å². The predicted octanol–water partition coefficient (Wildman–Crippen LogP) is 3.19. The van der Waals surface area contributed by atoms with Gasteiger partial charge in [0, 0.05) is 13.0 Å². The lowest BCUT2D eigenvalue weighted by Crippen LogP contribution is -2.24. The summed E-state index contributed by atoms with van der Waals surface area (Å²) in [5.74, 6) is 2.20. The van der Waals surface area contributed by atoms with Gasteiger partial charge in [-0.25, -0.2) is 0 Å². The van der Waals surface area contributed by atoms with Gasteiger partial charge in [-0.1, -0.05) is 19.9 Å². The maximum atomic E-state index is 11.8. The second-order valence-electron chi connectivity index (χ2n) is 5.58. The number of hydrogen-bond donors (Lipinski definition) is 1. The van der Waals surface area contributed by atoms with Crippen LogP contribution >= 0.6 is 0 Å². The minimum Gasteiger partial charge on any atom is -0.493 e. The van der Waals surface area contributed by atoms with Gasteiger partial charge >= 0.3 is 0 Å². The minimum atomic E-state index is 0.105. The van der Waals surface area contributed by atoms with Gasteiger partial charge in [0.15, 0.2) is 11.5 Å². The van der Waals surface area contributed by atoms with E-state index in [0.717, 1.165) is 24.9 Å². The van der Waals surface area contributed by atoms with Crippen LogP contribution in [0.15, 0.2) is 18.2 Å². The SMILES string of the molecule is COc1ccc(CCC(=O)NCCCC(C)C)cc1OC. The molecule has 0 saturated carbocycles. The van der Waals surface area contributed by atoms with Crippen molar-refractivity contribution in [3.05, 3.63) is 23.8 Å². The largest absolute Gasteiger partial charge is 0.493 e. The summed E-state index contributed by atoms with van der Waals surface area (Å²) >= 11 is 0. The first-order valence-corrected chi connectivity index (χ1v) is 7.54. The number of hydrogen-bond acceptors (Lipinski definition) is 3. The quantitative estimate of drug-likeness (QED) is 0.711. The number of amides is 1. The first kappa shape index (κ1) is 17.3. The van der Waals surface area contributed by atoms with Crippen molar-refractivity contribution < 1.29 is 14.3 Å². The number of nitrogens with one attached hydrogen (secondary N) is 1. The Bertz CT molecular complexity index is 444. The summed E-state index contributed by atoms with van der Waals surface area (Å²) in [4.78, 5) is 11.8. The van der Waals surface area contributed by atoms with Gasteiger partial charge in [-0.2, -0.15) is 0 Å². The summed E-state index contributed by atoms with van der Waals surface area (Å²) in [6.07, 6.45) is 3.39. The average Bonchev–Trinajstić information content (AvgIpc) is 2.48. The Balaban J connectivity index is 2.36. The Morgan fingerprint density at radius 2 is 1.90 bits per heavy atom. The molecule has 0 saturated heterocycles. The molecular weight excluding hydrogens is 266 g/mol. The van der Waals surface area contributed by atoms with Crippen LogP contribution in [0.25, 0.3) is 0 Å². The highest BCUT2D eigenvalue weighted by Crippen LogP contribution is 2.27. The van der Waals surface area contributed by atoms with E-state index in [0.29, 0.717) is 30.3 Å². The van der Waals surface area contributed by atoms with E-state index in [4.69, 9.17) is 9.47 Å². The summed E-state index contributed by atoms with van der Waals surface area (Å²) in [6, 6.07) is 5.76. The summed E-state index contributed by atoms with van der Waals surface area (Å²) in [5.41, 5.74) is 1.07. The van der Waals surface area contributed by atoms with Crippen molar-refractivity contribution in [3.8, 4) is 11.5 Å². The summed E-state index contributed by atoms with van der Waals surface area (Å²) in [6.45, 7) is 5.15. The molecule has 0 aromatic heterocycles. The molecule has 0 bridgehead atoms.